The number of likely N-dealkylation sites (tertiary alicyclic amines) is 1. The lowest BCUT2D eigenvalue weighted by atomic mass is 9.96. The van der Waals surface area contributed by atoms with Crippen molar-refractivity contribution in [1.82, 2.24) is 14.5 Å². The Labute approximate surface area is 206 Å². The maximum absolute atomic E-state index is 12.9. The van der Waals surface area contributed by atoms with Crippen molar-refractivity contribution in [2.45, 2.75) is 24.5 Å². The highest BCUT2D eigenvalue weighted by atomic mass is 35.5. The maximum Gasteiger partial charge on any atom is 0.262 e. The number of nitrogens with one attached hydrogen (secondary N) is 1. The minimum absolute atomic E-state index is 0.0124. The van der Waals surface area contributed by atoms with Crippen LogP contribution in [-0.4, -0.2) is 45.1 Å². The quantitative estimate of drug-likeness (QED) is 0.301. The van der Waals surface area contributed by atoms with Crippen LogP contribution in [0.2, 0.25) is 5.02 Å². The van der Waals surface area contributed by atoms with Crippen LogP contribution in [0.1, 0.15) is 12.8 Å². The number of hydrogen-bond donors (Lipinski definition) is 1. The number of halogens is 1. The normalized spacial score (nSPS) is 14.2. The van der Waals surface area contributed by atoms with Crippen LogP contribution >= 0.6 is 23.4 Å². The summed E-state index contributed by atoms with van der Waals surface area (Å²) in [5.41, 5.74) is 1.10. The number of allylic oxidation sites excluding steroid dienone is 1. The summed E-state index contributed by atoms with van der Waals surface area (Å²) < 4.78 is 1.50. The van der Waals surface area contributed by atoms with Gasteiger partial charge in [-0.3, -0.25) is 19.0 Å². The zero-order valence-corrected chi connectivity index (χ0v) is 20.1. The molecule has 1 aliphatic heterocycles. The number of carbonyl (C=O) groups is 2. The lowest BCUT2D eigenvalue weighted by Gasteiger charge is -2.31. The van der Waals surface area contributed by atoms with Crippen LogP contribution in [0.3, 0.4) is 0 Å². The fraction of sp³-hybridized carbons (Fsp3) is 0.280. The third kappa shape index (κ3) is 5.51. The number of carbonyl (C=O) groups excluding carboxylic acids is 2. The Bertz CT molecular complexity index is 1270. The van der Waals surface area contributed by atoms with E-state index in [9.17, 15) is 14.4 Å². The van der Waals surface area contributed by atoms with Crippen LogP contribution in [0, 0.1) is 5.92 Å². The summed E-state index contributed by atoms with van der Waals surface area (Å²) in [4.78, 5) is 44.7. The summed E-state index contributed by atoms with van der Waals surface area (Å²) in [5.74, 6) is -0.0171. The van der Waals surface area contributed by atoms with E-state index in [0.29, 0.717) is 47.0 Å². The van der Waals surface area contributed by atoms with Crippen molar-refractivity contribution >= 4 is 51.8 Å². The second-order valence-electron chi connectivity index (χ2n) is 8.06. The second-order valence-corrected chi connectivity index (χ2v) is 9.44. The van der Waals surface area contributed by atoms with Gasteiger partial charge in [-0.2, -0.15) is 0 Å². The average molecular weight is 497 g/mol. The molecule has 1 fully saturated rings. The van der Waals surface area contributed by atoms with Crippen molar-refractivity contribution in [3.8, 4) is 0 Å². The van der Waals surface area contributed by atoms with Gasteiger partial charge in [-0.05, 0) is 43.2 Å². The summed E-state index contributed by atoms with van der Waals surface area (Å²) in [5, 5.41) is 4.30. The van der Waals surface area contributed by atoms with Crippen LogP contribution in [0.5, 0.6) is 0 Å². The van der Waals surface area contributed by atoms with Gasteiger partial charge >= 0.3 is 0 Å². The van der Waals surface area contributed by atoms with Crippen molar-refractivity contribution in [2.75, 3.05) is 24.2 Å². The van der Waals surface area contributed by atoms with Crippen LogP contribution < -0.4 is 10.9 Å². The summed E-state index contributed by atoms with van der Waals surface area (Å²) >= 11 is 7.27. The maximum atomic E-state index is 12.9. The number of rotatable bonds is 7. The largest absolute Gasteiger partial charge is 0.342 e. The minimum Gasteiger partial charge on any atom is -0.342 e. The van der Waals surface area contributed by atoms with Crippen molar-refractivity contribution < 1.29 is 9.59 Å². The van der Waals surface area contributed by atoms with E-state index in [4.69, 9.17) is 11.6 Å². The molecule has 1 saturated heterocycles. The molecule has 3 aromatic rings. The third-order valence-electron chi connectivity index (χ3n) is 5.78. The standard InChI is InChI=1S/C25H25ClN4O3S/c1-2-12-30-24(33)20-15-18(26)8-9-21(20)28-25(30)34-16-22(31)29-13-10-17(11-14-29)23(32)27-19-6-4-3-5-7-19/h2-9,15,17H,1,10-14,16H2,(H,27,32). The number of anilines is 1. The van der Waals surface area contributed by atoms with Crippen LogP contribution in [-0.2, 0) is 16.1 Å². The predicted molar refractivity (Wildman–Crippen MR) is 136 cm³/mol. The molecule has 0 atom stereocenters. The summed E-state index contributed by atoms with van der Waals surface area (Å²) in [6.45, 7) is 5.05. The smallest absolute Gasteiger partial charge is 0.262 e. The molecule has 176 valence electrons. The van der Waals surface area contributed by atoms with E-state index >= 15 is 0 Å². The molecule has 4 rings (SSSR count). The molecule has 1 aliphatic rings. The highest BCUT2D eigenvalue weighted by Gasteiger charge is 2.27. The molecule has 0 spiro atoms. The van der Waals surface area contributed by atoms with E-state index in [1.54, 1.807) is 29.2 Å². The van der Waals surface area contributed by atoms with Crippen molar-refractivity contribution in [3.63, 3.8) is 0 Å². The Hall–Kier alpha value is -3.10. The highest BCUT2D eigenvalue weighted by Crippen LogP contribution is 2.23. The fourth-order valence-electron chi connectivity index (χ4n) is 3.95. The number of thioether (sulfide) groups is 1. The van der Waals surface area contributed by atoms with Gasteiger partial charge in [0, 0.05) is 36.3 Å². The number of piperidine rings is 1. The first-order chi connectivity index (χ1) is 16.5. The van der Waals surface area contributed by atoms with E-state index in [2.05, 4.69) is 16.9 Å². The molecule has 0 unspecified atom stereocenters. The molecule has 2 aromatic carbocycles. The minimum atomic E-state index is -0.215. The van der Waals surface area contributed by atoms with Gasteiger partial charge in [0.2, 0.25) is 11.8 Å². The molecule has 9 heteroatoms. The first-order valence-electron chi connectivity index (χ1n) is 11.0. The van der Waals surface area contributed by atoms with Crippen molar-refractivity contribution in [1.29, 1.82) is 0 Å². The Balaban J connectivity index is 1.37. The van der Waals surface area contributed by atoms with Crippen LogP contribution in [0.4, 0.5) is 5.69 Å². The van der Waals surface area contributed by atoms with E-state index in [-0.39, 0.29) is 35.6 Å². The molecule has 0 radical (unpaired) electrons. The first kappa shape index (κ1) is 24.0. The fourth-order valence-corrected chi connectivity index (χ4v) is 5.03. The molecule has 1 aromatic heterocycles. The zero-order valence-electron chi connectivity index (χ0n) is 18.6. The van der Waals surface area contributed by atoms with E-state index < -0.39 is 0 Å². The lowest BCUT2D eigenvalue weighted by molar-refractivity contribution is -0.132. The van der Waals surface area contributed by atoms with Gasteiger partial charge in [0.05, 0.1) is 16.7 Å². The first-order valence-corrected chi connectivity index (χ1v) is 12.4. The molecule has 2 amide bonds. The predicted octanol–water partition coefficient (Wildman–Crippen LogP) is 4.21. The van der Waals surface area contributed by atoms with Gasteiger partial charge in [-0.25, -0.2) is 4.98 Å². The molecular weight excluding hydrogens is 472 g/mol. The molecule has 1 N–H and O–H groups in total. The summed E-state index contributed by atoms with van der Waals surface area (Å²) in [6.07, 6.45) is 2.85. The van der Waals surface area contributed by atoms with E-state index in [0.717, 1.165) is 5.69 Å². The molecule has 34 heavy (non-hydrogen) atoms. The number of hydrogen-bond acceptors (Lipinski definition) is 5. The number of amides is 2. The van der Waals surface area contributed by atoms with Crippen molar-refractivity contribution in [2.24, 2.45) is 5.92 Å². The molecule has 0 saturated carbocycles. The average Bonchev–Trinajstić information content (AvgIpc) is 2.85. The molecule has 0 bridgehead atoms. The van der Waals surface area contributed by atoms with Gasteiger partial charge in [-0.1, -0.05) is 47.6 Å². The Kier molecular flexibility index (Phi) is 7.70. The number of fused-ring (bicyclic) bond motifs is 1. The van der Waals surface area contributed by atoms with Crippen LogP contribution in [0.25, 0.3) is 10.9 Å². The Morgan fingerprint density at radius 1 is 1.18 bits per heavy atom. The number of aromatic nitrogens is 2. The van der Waals surface area contributed by atoms with E-state index in [1.807, 2.05) is 30.3 Å². The topological polar surface area (TPSA) is 84.3 Å². The van der Waals surface area contributed by atoms with Gasteiger partial charge < -0.3 is 10.2 Å². The third-order valence-corrected chi connectivity index (χ3v) is 6.97. The lowest BCUT2D eigenvalue weighted by Crippen LogP contribution is -2.42. The molecule has 7 nitrogen and oxygen atoms in total. The number of nitrogens with zero attached hydrogens (tertiary/aromatic N) is 3. The van der Waals surface area contributed by atoms with Gasteiger partial charge in [0.25, 0.3) is 5.56 Å². The number of para-hydroxylation sites is 1. The Morgan fingerprint density at radius 3 is 2.62 bits per heavy atom. The van der Waals surface area contributed by atoms with Crippen LogP contribution in [0.15, 0.2) is 71.1 Å². The Morgan fingerprint density at radius 2 is 1.91 bits per heavy atom. The second kappa shape index (κ2) is 10.9. The van der Waals surface area contributed by atoms with Crippen molar-refractivity contribution in [3.05, 3.63) is 76.6 Å². The summed E-state index contributed by atoms with van der Waals surface area (Å²) in [7, 11) is 0. The van der Waals surface area contributed by atoms with Gasteiger partial charge in [-0.15, -0.1) is 6.58 Å². The molecule has 0 aliphatic carbocycles. The molecular formula is C25H25ClN4O3S. The molecule has 2 heterocycles. The van der Waals surface area contributed by atoms with Gasteiger partial charge in [0.1, 0.15) is 0 Å². The van der Waals surface area contributed by atoms with E-state index in [1.165, 1.54) is 16.3 Å². The van der Waals surface area contributed by atoms with Gasteiger partial charge in [0.15, 0.2) is 5.16 Å². The summed E-state index contributed by atoms with van der Waals surface area (Å²) in [6, 6.07) is 14.4. The monoisotopic (exact) mass is 496 g/mol. The highest BCUT2D eigenvalue weighted by molar-refractivity contribution is 7.99. The SMILES string of the molecule is C=CCn1c(SCC(=O)N2CCC(C(=O)Nc3ccccc3)CC2)nc2ccc(Cl)cc2c1=O. The zero-order chi connectivity index (χ0) is 24.1. The number of benzene rings is 2.